The Kier molecular flexibility index (Phi) is 9.54. The highest BCUT2D eigenvalue weighted by Crippen LogP contribution is 2.30. The van der Waals surface area contributed by atoms with Crippen molar-refractivity contribution in [3.63, 3.8) is 0 Å². The van der Waals surface area contributed by atoms with Crippen LogP contribution in [-0.2, 0) is 21.2 Å². The lowest BCUT2D eigenvalue weighted by molar-refractivity contribution is -0.134. The number of hydrogen-bond acceptors (Lipinski definition) is 8. The van der Waals surface area contributed by atoms with Gasteiger partial charge in [-0.2, -0.15) is 4.31 Å². The average molecular weight is 600 g/mol. The van der Waals surface area contributed by atoms with Crippen LogP contribution in [0.4, 0.5) is 16.2 Å². The molecule has 3 N–H and O–H groups in total. The van der Waals surface area contributed by atoms with E-state index < -0.39 is 28.2 Å². The van der Waals surface area contributed by atoms with Crippen LogP contribution in [-0.4, -0.2) is 78.7 Å². The van der Waals surface area contributed by atoms with Gasteiger partial charge < -0.3 is 29.9 Å². The Morgan fingerprint density at radius 1 is 1.19 bits per heavy atom. The van der Waals surface area contributed by atoms with Gasteiger partial charge in [-0.15, -0.1) is 0 Å². The molecule has 2 heterocycles. The molecule has 0 bridgehead atoms. The number of anilines is 2. The summed E-state index contributed by atoms with van der Waals surface area (Å²) in [6.45, 7) is 7.08. The maximum atomic E-state index is 13.5. The smallest absolute Gasteiger partial charge is 0.323 e. The molecule has 3 amide bonds. The van der Waals surface area contributed by atoms with Gasteiger partial charge in [-0.25, -0.2) is 13.2 Å². The van der Waals surface area contributed by atoms with E-state index in [-0.39, 0.29) is 42.8 Å². The molecule has 3 atom stereocenters. The second-order valence-electron chi connectivity index (χ2n) is 10.6. The summed E-state index contributed by atoms with van der Waals surface area (Å²) in [6, 6.07) is 12.1. The minimum absolute atomic E-state index is 0.0210. The van der Waals surface area contributed by atoms with Gasteiger partial charge in [0.2, 0.25) is 15.9 Å². The minimum atomic E-state index is -3.80. The van der Waals surface area contributed by atoms with E-state index in [9.17, 15) is 23.1 Å². The third-order valence-corrected chi connectivity index (χ3v) is 9.17. The zero-order chi connectivity index (χ0) is 30.6. The minimum Gasteiger partial charge on any atom is -0.488 e. The number of sulfonamides is 1. The van der Waals surface area contributed by atoms with Gasteiger partial charge in [0, 0.05) is 30.8 Å². The molecule has 1 aliphatic heterocycles. The molecular weight excluding hydrogens is 562 g/mol. The summed E-state index contributed by atoms with van der Waals surface area (Å²) in [6.07, 6.45) is -0.675. The first kappa shape index (κ1) is 31.0. The first-order chi connectivity index (χ1) is 19.9. The number of rotatable bonds is 8. The molecular formula is C29H37N5O7S. The number of aliphatic hydroxyl groups is 1. The monoisotopic (exact) mass is 599 g/mol. The van der Waals surface area contributed by atoms with E-state index >= 15 is 0 Å². The number of carbonyl (C=O) groups excluding carboxylic acids is 2. The topological polar surface area (TPSA) is 154 Å². The second kappa shape index (κ2) is 12.9. The van der Waals surface area contributed by atoms with Gasteiger partial charge in [0.1, 0.15) is 23.2 Å². The van der Waals surface area contributed by atoms with Gasteiger partial charge in [-0.1, -0.05) is 30.3 Å². The summed E-state index contributed by atoms with van der Waals surface area (Å²) in [5.74, 6) is 0.354. The van der Waals surface area contributed by atoms with Crippen molar-refractivity contribution in [2.75, 3.05) is 37.4 Å². The molecule has 0 unspecified atom stereocenters. The van der Waals surface area contributed by atoms with E-state index in [4.69, 9.17) is 9.26 Å². The van der Waals surface area contributed by atoms with Crippen LogP contribution in [0.25, 0.3) is 0 Å². The second-order valence-corrected chi connectivity index (χ2v) is 12.6. The Hall–Kier alpha value is -3.94. The SMILES string of the molecule is Cc1noc(C)c1NC(=O)Nc1ccc2c(c1)CC(=O)N([C@@H](C)CO)C[C@@H](C)[C@H](CN(C)S(=O)(=O)c1ccccc1)O2. The number of benzene rings is 2. The molecule has 3 aromatic rings. The molecule has 2 aromatic carbocycles. The molecule has 0 saturated carbocycles. The summed E-state index contributed by atoms with van der Waals surface area (Å²) < 4.78 is 39.3. The van der Waals surface area contributed by atoms with Crippen LogP contribution in [0.2, 0.25) is 0 Å². The summed E-state index contributed by atoms with van der Waals surface area (Å²) in [4.78, 5) is 27.9. The third-order valence-electron chi connectivity index (χ3n) is 7.33. The van der Waals surface area contributed by atoms with Gasteiger partial charge in [0.05, 0.1) is 30.5 Å². The van der Waals surface area contributed by atoms with Gasteiger partial charge in [0.25, 0.3) is 0 Å². The standard InChI is InChI=1S/C29H37N5O7S/c1-18-15-34(19(2)17-35)27(36)14-22-13-23(30-29(37)31-28-20(3)32-41-21(28)4)11-12-25(22)40-26(18)16-33(5)42(38,39)24-9-7-6-8-10-24/h6-13,18-19,26,35H,14-17H2,1-5H3,(H2,30,31,37)/t18-,19+,26+/m1/s1. The lowest BCUT2D eigenvalue weighted by Gasteiger charge is -2.33. The van der Waals surface area contributed by atoms with E-state index in [1.165, 1.54) is 23.5 Å². The molecule has 0 aliphatic carbocycles. The number of likely N-dealkylation sites (N-methyl/N-ethyl adjacent to an activating group) is 1. The lowest BCUT2D eigenvalue weighted by atomic mass is 10.0. The Balaban J connectivity index is 1.62. The zero-order valence-electron chi connectivity index (χ0n) is 24.3. The summed E-state index contributed by atoms with van der Waals surface area (Å²) in [7, 11) is -2.30. The highest BCUT2D eigenvalue weighted by molar-refractivity contribution is 7.89. The van der Waals surface area contributed by atoms with Gasteiger partial charge in [-0.3, -0.25) is 4.79 Å². The molecule has 4 rings (SSSR count). The summed E-state index contributed by atoms with van der Waals surface area (Å²) in [5.41, 5.74) is 1.93. The van der Waals surface area contributed by atoms with Gasteiger partial charge in [-0.05, 0) is 51.1 Å². The highest BCUT2D eigenvalue weighted by atomic mass is 32.2. The molecule has 1 aliphatic rings. The number of fused-ring (bicyclic) bond motifs is 1. The normalized spacial score (nSPS) is 18.4. The predicted molar refractivity (Wildman–Crippen MR) is 157 cm³/mol. The van der Waals surface area contributed by atoms with Crippen molar-refractivity contribution in [1.82, 2.24) is 14.4 Å². The van der Waals surface area contributed by atoms with Crippen molar-refractivity contribution >= 4 is 33.3 Å². The fourth-order valence-corrected chi connectivity index (χ4v) is 5.99. The van der Waals surface area contributed by atoms with Crippen molar-refractivity contribution in [2.24, 2.45) is 5.92 Å². The largest absolute Gasteiger partial charge is 0.488 e. The fourth-order valence-electron chi connectivity index (χ4n) is 4.79. The van der Waals surface area contributed by atoms with E-state index in [1.54, 1.807) is 62.1 Å². The molecule has 0 saturated heterocycles. The van der Waals surface area contributed by atoms with Crippen LogP contribution in [0, 0.1) is 19.8 Å². The van der Waals surface area contributed by atoms with Crippen molar-refractivity contribution in [2.45, 2.75) is 51.2 Å². The molecule has 0 radical (unpaired) electrons. The lowest BCUT2D eigenvalue weighted by Crippen LogP contribution is -2.48. The zero-order valence-corrected chi connectivity index (χ0v) is 25.1. The van der Waals surface area contributed by atoms with E-state index in [2.05, 4.69) is 15.8 Å². The number of aromatic nitrogens is 1. The number of aliphatic hydroxyl groups excluding tert-OH is 1. The summed E-state index contributed by atoms with van der Waals surface area (Å²) in [5, 5.41) is 19.2. The molecule has 0 fully saturated rings. The Bertz CT molecular complexity index is 1510. The van der Waals surface area contributed by atoms with Crippen LogP contribution in [0.1, 0.15) is 30.9 Å². The van der Waals surface area contributed by atoms with E-state index in [1.807, 2.05) is 6.92 Å². The van der Waals surface area contributed by atoms with Gasteiger partial charge >= 0.3 is 6.03 Å². The number of amides is 3. The highest BCUT2D eigenvalue weighted by Gasteiger charge is 2.33. The van der Waals surface area contributed by atoms with Crippen LogP contribution in [0.3, 0.4) is 0 Å². The van der Waals surface area contributed by atoms with Crippen LogP contribution >= 0.6 is 0 Å². The Morgan fingerprint density at radius 2 is 1.90 bits per heavy atom. The molecule has 1 aromatic heterocycles. The summed E-state index contributed by atoms with van der Waals surface area (Å²) >= 11 is 0. The number of nitrogens with one attached hydrogen (secondary N) is 2. The third kappa shape index (κ3) is 6.92. The van der Waals surface area contributed by atoms with Crippen LogP contribution in [0.15, 0.2) is 57.9 Å². The first-order valence-corrected chi connectivity index (χ1v) is 15.1. The first-order valence-electron chi connectivity index (χ1n) is 13.6. The Labute approximate surface area is 245 Å². The van der Waals surface area contributed by atoms with Gasteiger partial charge in [0.15, 0.2) is 5.76 Å². The quantitative estimate of drug-likeness (QED) is 0.356. The molecule has 0 spiro atoms. The number of aryl methyl sites for hydroxylation is 2. The van der Waals surface area contributed by atoms with Crippen LogP contribution < -0.4 is 15.4 Å². The van der Waals surface area contributed by atoms with E-state index in [0.717, 1.165) is 0 Å². The van der Waals surface area contributed by atoms with Crippen molar-refractivity contribution in [1.29, 1.82) is 0 Å². The average Bonchev–Trinajstić information content (AvgIpc) is 3.29. The van der Waals surface area contributed by atoms with Crippen LogP contribution in [0.5, 0.6) is 5.75 Å². The maximum Gasteiger partial charge on any atom is 0.323 e. The molecule has 226 valence electrons. The molecule has 42 heavy (non-hydrogen) atoms. The van der Waals surface area contributed by atoms with Crippen molar-refractivity contribution in [3.8, 4) is 5.75 Å². The number of ether oxygens (including phenoxy) is 1. The molecule has 13 heteroatoms. The predicted octanol–water partition coefficient (Wildman–Crippen LogP) is 3.41. The maximum absolute atomic E-state index is 13.5. The Morgan fingerprint density at radius 3 is 2.55 bits per heavy atom. The number of urea groups is 1. The van der Waals surface area contributed by atoms with Crippen molar-refractivity contribution < 1.29 is 32.4 Å². The van der Waals surface area contributed by atoms with E-state index in [0.29, 0.717) is 34.1 Å². The number of carbonyl (C=O) groups is 2. The number of nitrogens with zero attached hydrogens (tertiary/aromatic N) is 3. The molecule has 12 nitrogen and oxygen atoms in total. The number of hydrogen-bond donors (Lipinski definition) is 3. The van der Waals surface area contributed by atoms with Crippen molar-refractivity contribution in [3.05, 3.63) is 65.5 Å². The fraction of sp³-hybridized carbons (Fsp3) is 0.414.